The van der Waals surface area contributed by atoms with Crippen LogP contribution in [-0.2, 0) is 0 Å². The molecular formula is C15H23N3O2. The molecule has 0 radical (unpaired) electrons. The van der Waals surface area contributed by atoms with Gasteiger partial charge in [-0.05, 0) is 24.6 Å². The lowest BCUT2D eigenvalue weighted by Crippen LogP contribution is -2.37. The first-order chi connectivity index (χ1) is 9.71. The molecule has 1 aromatic rings. The zero-order chi connectivity index (χ0) is 14.8. The van der Waals surface area contributed by atoms with Crippen LogP contribution in [0.5, 0.6) is 5.75 Å². The van der Waals surface area contributed by atoms with E-state index in [9.17, 15) is 5.11 Å². The van der Waals surface area contributed by atoms with Crippen molar-refractivity contribution in [3.8, 4) is 5.75 Å². The second kappa shape index (κ2) is 8.98. The summed E-state index contributed by atoms with van der Waals surface area (Å²) in [7, 11) is 1.61. The number of aliphatic imine (C=N–C) groups is 1. The quantitative estimate of drug-likeness (QED) is 0.401. The Bertz CT molecular complexity index is 429. The second-order valence-electron chi connectivity index (χ2n) is 4.18. The number of hydrogen-bond acceptors (Lipinski definition) is 3. The minimum absolute atomic E-state index is 0.290. The lowest BCUT2D eigenvalue weighted by molar-refractivity contribution is 0.187. The smallest absolute Gasteiger partial charge is 0.191 e. The van der Waals surface area contributed by atoms with Crippen LogP contribution in [0.3, 0.4) is 0 Å². The van der Waals surface area contributed by atoms with Gasteiger partial charge in [0.1, 0.15) is 5.75 Å². The van der Waals surface area contributed by atoms with E-state index in [1.54, 1.807) is 13.2 Å². The van der Waals surface area contributed by atoms with Crippen LogP contribution in [0.1, 0.15) is 18.6 Å². The van der Waals surface area contributed by atoms with Gasteiger partial charge in [-0.25, -0.2) is 0 Å². The molecule has 0 amide bonds. The molecule has 0 aromatic heterocycles. The number of rotatable bonds is 7. The number of nitrogens with one attached hydrogen (secondary N) is 2. The van der Waals surface area contributed by atoms with Crippen LogP contribution in [-0.4, -0.2) is 37.8 Å². The van der Waals surface area contributed by atoms with Crippen molar-refractivity contribution in [2.75, 3.05) is 26.7 Å². The highest BCUT2D eigenvalue weighted by Gasteiger charge is 2.07. The van der Waals surface area contributed by atoms with Gasteiger partial charge in [0.2, 0.25) is 0 Å². The van der Waals surface area contributed by atoms with E-state index < -0.39 is 6.10 Å². The lowest BCUT2D eigenvalue weighted by Gasteiger charge is -2.12. The van der Waals surface area contributed by atoms with Crippen molar-refractivity contribution < 1.29 is 9.84 Å². The van der Waals surface area contributed by atoms with Gasteiger partial charge in [-0.2, -0.15) is 0 Å². The number of hydrogen-bond donors (Lipinski definition) is 3. The van der Waals surface area contributed by atoms with Gasteiger partial charge >= 0.3 is 0 Å². The molecule has 20 heavy (non-hydrogen) atoms. The van der Waals surface area contributed by atoms with Crippen molar-refractivity contribution >= 4 is 5.96 Å². The van der Waals surface area contributed by atoms with Crippen molar-refractivity contribution in [2.24, 2.45) is 4.99 Å². The van der Waals surface area contributed by atoms with E-state index in [4.69, 9.17) is 4.74 Å². The number of benzene rings is 1. The van der Waals surface area contributed by atoms with E-state index in [2.05, 4.69) is 22.2 Å². The maximum Gasteiger partial charge on any atom is 0.191 e. The molecule has 1 atom stereocenters. The Morgan fingerprint density at radius 2 is 2.10 bits per heavy atom. The molecule has 0 aliphatic carbocycles. The predicted octanol–water partition coefficient (Wildman–Crippen LogP) is 1.47. The molecule has 1 unspecified atom stereocenters. The van der Waals surface area contributed by atoms with Crippen molar-refractivity contribution in [1.29, 1.82) is 0 Å². The predicted molar refractivity (Wildman–Crippen MR) is 82.1 cm³/mol. The minimum atomic E-state index is -0.639. The van der Waals surface area contributed by atoms with Crippen molar-refractivity contribution in [2.45, 2.75) is 13.0 Å². The molecule has 0 fully saturated rings. The van der Waals surface area contributed by atoms with E-state index in [1.807, 2.05) is 31.2 Å². The molecule has 1 rings (SSSR count). The summed E-state index contributed by atoms with van der Waals surface area (Å²) in [6.07, 6.45) is 1.12. The average Bonchev–Trinajstić information content (AvgIpc) is 2.49. The third kappa shape index (κ3) is 5.32. The Kier molecular flexibility index (Phi) is 7.21. The van der Waals surface area contributed by atoms with Crippen molar-refractivity contribution in [1.82, 2.24) is 10.6 Å². The Hall–Kier alpha value is -2.01. The maximum atomic E-state index is 10.1. The summed E-state index contributed by atoms with van der Waals surface area (Å²) < 4.78 is 5.08. The number of aliphatic hydroxyl groups excluding tert-OH is 1. The summed E-state index contributed by atoms with van der Waals surface area (Å²) >= 11 is 0. The van der Waals surface area contributed by atoms with Gasteiger partial charge < -0.3 is 20.5 Å². The van der Waals surface area contributed by atoms with Crippen LogP contribution in [0.4, 0.5) is 0 Å². The van der Waals surface area contributed by atoms with E-state index in [0.29, 0.717) is 19.0 Å². The van der Waals surface area contributed by atoms with Gasteiger partial charge in [0.05, 0.1) is 19.8 Å². The molecular weight excluding hydrogens is 254 g/mol. The Labute approximate surface area is 120 Å². The standard InChI is InChI=1S/C15H23N3O2/c1-4-10-17-15(16-5-2)18-11-14(19)12-6-8-13(20-3)9-7-12/h4,6-9,14,19H,1,5,10-11H2,2-3H3,(H2,16,17,18). The number of aliphatic hydroxyl groups is 1. The fourth-order valence-corrected chi connectivity index (χ4v) is 1.62. The van der Waals surface area contributed by atoms with Crippen molar-refractivity contribution in [3.63, 3.8) is 0 Å². The summed E-state index contributed by atoms with van der Waals surface area (Å²) in [5, 5.41) is 16.3. The highest BCUT2D eigenvalue weighted by atomic mass is 16.5. The third-order valence-electron chi connectivity index (χ3n) is 2.68. The highest BCUT2D eigenvalue weighted by Crippen LogP contribution is 2.17. The Balaban J connectivity index is 2.61. The zero-order valence-electron chi connectivity index (χ0n) is 12.1. The molecule has 0 saturated carbocycles. The fourth-order valence-electron chi connectivity index (χ4n) is 1.62. The Morgan fingerprint density at radius 3 is 2.65 bits per heavy atom. The van der Waals surface area contributed by atoms with Crippen LogP contribution >= 0.6 is 0 Å². The largest absolute Gasteiger partial charge is 0.497 e. The lowest BCUT2D eigenvalue weighted by atomic mass is 10.1. The summed E-state index contributed by atoms with van der Waals surface area (Å²) in [5.74, 6) is 1.44. The van der Waals surface area contributed by atoms with E-state index in [1.165, 1.54) is 0 Å². The van der Waals surface area contributed by atoms with Crippen LogP contribution in [0.2, 0.25) is 0 Å². The highest BCUT2D eigenvalue weighted by molar-refractivity contribution is 5.79. The topological polar surface area (TPSA) is 65.9 Å². The first-order valence-electron chi connectivity index (χ1n) is 6.66. The molecule has 1 aromatic carbocycles. The molecule has 3 N–H and O–H groups in total. The van der Waals surface area contributed by atoms with Crippen LogP contribution in [0.15, 0.2) is 41.9 Å². The van der Waals surface area contributed by atoms with Crippen LogP contribution < -0.4 is 15.4 Å². The van der Waals surface area contributed by atoms with E-state index in [-0.39, 0.29) is 0 Å². The van der Waals surface area contributed by atoms with Crippen LogP contribution in [0.25, 0.3) is 0 Å². The molecule has 5 nitrogen and oxygen atoms in total. The van der Waals surface area contributed by atoms with Gasteiger partial charge in [0.25, 0.3) is 0 Å². The van der Waals surface area contributed by atoms with Gasteiger partial charge in [-0.3, -0.25) is 4.99 Å². The molecule has 0 bridgehead atoms. The molecule has 0 saturated heterocycles. The van der Waals surface area contributed by atoms with Gasteiger partial charge in [-0.1, -0.05) is 18.2 Å². The fraction of sp³-hybridized carbons (Fsp3) is 0.400. The van der Waals surface area contributed by atoms with Crippen molar-refractivity contribution in [3.05, 3.63) is 42.5 Å². The van der Waals surface area contributed by atoms with Gasteiger partial charge in [0.15, 0.2) is 5.96 Å². The molecule has 0 aliphatic rings. The minimum Gasteiger partial charge on any atom is -0.497 e. The molecule has 0 heterocycles. The first-order valence-corrected chi connectivity index (χ1v) is 6.66. The monoisotopic (exact) mass is 277 g/mol. The van der Waals surface area contributed by atoms with E-state index in [0.717, 1.165) is 17.9 Å². The second-order valence-corrected chi connectivity index (χ2v) is 4.18. The number of ether oxygens (including phenoxy) is 1. The number of guanidine groups is 1. The van der Waals surface area contributed by atoms with Crippen LogP contribution in [0, 0.1) is 0 Å². The SMILES string of the molecule is C=CCNC(=NCC(O)c1ccc(OC)cc1)NCC. The molecule has 0 spiro atoms. The van der Waals surface area contributed by atoms with E-state index >= 15 is 0 Å². The normalized spacial score (nSPS) is 12.7. The van der Waals surface area contributed by atoms with Gasteiger partial charge in [-0.15, -0.1) is 6.58 Å². The maximum absolute atomic E-state index is 10.1. The molecule has 110 valence electrons. The number of methoxy groups -OCH3 is 1. The summed E-state index contributed by atoms with van der Waals surface area (Å²) in [4.78, 5) is 4.34. The zero-order valence-corrected chi connectivity index (χ0v) is 12.1. The summed E-state index contributed by atoms with van der Waals surface area (Å²) in [5.41, 5.74) is 0.814. The average molecular weight is 277 g/mol. The molecule has 5 heteroatoms. The Morgan fingerprint density at radius 1 is 1.40 bits per heavy atom. The summed E-state index contributed by atoms with van der Waals surface area (Å²) in [6.45, 7) is 7.32. The molecule has 0 aliphatic heterocycles. The first kappa shape index (κ1) is 16.0. The summed E-state index contributed by atoms with van der Waals surface area (Å²) in [6, 6.07) is 7.32. The third-order valence-corrected chi connectivity index (χ3v) is 2.68. The van der Waals surface area contributed by atoms with Gasteiger partial charge in [0, 0.05) is 13.1 Å². The number of nitrogens with zero attached hydrogens (tertiary/aromatic N) is 1.